The van der Waals surface area contributed by atoms with E-state index in [0.717, 1.165) is 6.07 Å². The van der Waals surface area contributed by atoms with Crippen LogP contribution >= 0.6 is 0 Å². The maximum absolute atomic E-state index is 12.5. The van der Waals surface area contributed by atoms with E-state index in [1.54, 1.807) is 0 Å². The van der Waals surface area contributed by atoms with Gasteiger partial charge in [-0.3, -0.25) is 4.79 Å². The lowest BCUT2D eigenvalue weighted by molar-refractivity contribution is -0.141. The average molecular weight is 346 g/mol. The number of hydrogen-bond acceptors (Lipinski definition) is 3. The van der Waals surface area contributed by atoms with E-state index in [1.165, 1.54) is 31.2 Å². The fourth-order valence-corrected chi connectivity index (χ4v) is 1.88. The third-order valence-electron chi connectivity index (χ3n) is 2.96. The number of anilines is 1. The summed E-state index contributed by atoms with van der Waals surface area (Å²) in [6.45, 7) is -1.68. The van der Waals surface area contributed by atoms with Crippen LogP contribution in [0.25, 0.3) is 0 Å². The van der Waals surface area contributed by atoms with Crippen LogP contribution in [0.15, 0.2) is 36.4 Å². The lowest BCUT2D eigenvalue weighted by Crippen LogP contribution is -2.16. The summed E-state index contributed by atoms with van der Waals surface area (Å²) in [7, 11) is 0. The number of hydrogen-bond donors (Lipinski definition) is 1. The molecule has 1 amide bonds. The number of aromatic nitrogens is 1. The number of rotatable bonds is 4. The molecule has 0 aliphatic rings. The van der Waals surface area contributed by atoms with Gasteiger partial charge in [0, 0.05) is 5.69 Å². The number of halogens is 5. The Balaban J connectivity index is 2.12. The summed E-state index contributed by atoms with van der Waals surface area (Å²) in [6, 6.07) is 6.82. The van der Waals surface area contributed by atoms with Gasteiger partial charge in [0.2, 0.25) is 0 Å². The molecule has 24 heavy (non-hydrogen) atoms. The van der Waals surface area contributed by atoms with Crippen molar-refractivity contribution in [2.45, 2.75) is 19.7 Å². The van der Waals surface area contributed by atoms with Crippen molar-refractivity contribution in [3.63, 3.8) is 0 Å². The molecule has 0 fully saturated rings. The van der Waals surface area contributed by atoms with E-state index in [4.69, 9.17) is 0 Å². The molecule has 9 heteroatoms. The number of amides is 1. The van der Waals surface area contributed by atoms with Crippen LogP contribution in [0.1, 0.15) is 21.7 Å². The monoisotopic (exact) mass is 346 g/mol. The van der Waals surface area contributed by atoms with Gasteiger partial charge in [0.1, 0.15) is 11.4 Å². The highest BCUT2D eigenvalue weighted by atomic mass is 19.4. The first kappa shape index (κ1) is 17.6. The quantitative estimate of drug-likeness (QED) is 0.842. The molecule has 1 aromatic carbocycles. The maximum Gasteiger partial charge on any atom is 0.433 e. The number of nitrogens with zero attached hydrogens (tertiary/aromatic N) is 1. The third kappa shape index (κ3) is 4.40. The Bertz CT molecular complexity index is 730. The number of benzene rings is 1. The van der Waals surface area contributed by atoms with E-state index in [-0.39, 0.29) is 22.7 Å². The van der Waals surface area contributed by atoms with E-state index >= 15 is 0 Å². The van der Waals surface area contributed by atoms with E-state index in [0.29, 0.717) is 6.07 Å². The van der Waals surface area contributed by atoms with Gasteiger partial charge >= 0.3 is 12.8 Å². The summed E-state index contributed by atoms with van der Waals surface area (Å²) in [6.07, 6.45) is -4.60. The van der Waals surface area contributed by atoms with Crippen LogP contribution in [0.2, 0.25) is 0 Å². The molecule has 0 spiro atoms. The molecular weight excluding hydrogens is 335 g/mol. The molecule has 4 nitrogen and oxygen atoms in total. The molecule has 1 heterocycles. The van der Waals surface area contributed by atoms with Crippen molar-refractivity contribution in [2.75, 3.05) is 5.32 Å². The number of nitrogens with one attached hydrogen (secondary N) is 1. The number of alkyl halides is 5. The number of pyridine rings is 1. The Morgan fingerprint density at radius 2 is 1.75 bits per heavy atom. The van der Waals surface area contributed by atoms with E-state index in [9.17, 15) is 26.7 Å². The Morgan fingerprint density at radius 1 is 1.12 bits per heavy atom. The van der Waals surface area contributed by atoms with Crippen LogP contribution in [-0.4, -0.2) is 17.5 Å². The molecule has 0 aliphatic heterocycles. The molecule has 0 atom stereocenters. The van der Waals surface area contributed by atoms with Crippen molar-refractivity contribution in [2.24, 2.45) is 0 Å². The molecule has 0 saturated carbocycles. The highest BCUT2D eigenvalue weighted by molar-refractivity contribution is 6.05. The van der Waals surface area contributed by atoms with Gasteiger partial charge in [0.05, 0.1) is 11.3 Å². The minimum atomic E-state index is -4.60. The highest BCUT2D eigenvalue weighted by Crippen LogP contribution is 2.28. The van der Waals surface area contributed by atoms with Crippen molar-refractivity contribution >= 4 is 11.6 Å². The second kappa shape index (κ2) is 6.81. The van der Waals surface area contributed by atoms with Crippen molar-refractivity contribution < 1.29 is 31.5 Å². The van der Waals surface area contributed by atoms with Gasteiger partial charge in [0.15, 0.2) is 0 Å². The first-order chi connectivity index (χ1) is 11.2. The zero-order chi connectivity index (χ0) is 17.9. The van der Waals surface area contributed by atoms with Gasteiger partial charge in [-0.25, -0.2) is 4.98 Å². The standard InChI is InChI=1S/C15H11F5N2O2/c1-8-11(6-7-12(21-8)15(18,19)20)13(23)22-9-2-4-10(5-3-9)24-14(16)17/h2-7,14H,1H3,(H,22,23). The molecule has 2 aromatic rings. The first-order valence-electron chi connectivity index (χ1n) is 6.58. The minimum absolute atomic E-state index is 0.0316. The summed E-state index contributed by atoms with van der Waals surface area (Å²) in [5, 5.41) is 2.43. The lowest BCUT2D eigenvalue weighted by atomic mass is 10.1. The Kier molecular flexibility index (Phi) is 5.01. The topological polar surface area (TPSA) is 51.2 Å². The molecule has 0 aliphatic carbocycles. The summed E-state index contributed by atoms with van der Waals surface area (Å²) in [5.74, 6) is -0.758. The second-order valence-electron chi connectivity index (χ2n) is 4.68. The molecule has 2 rings (SSSR count). The van der Waals surface area contributed by atoms with Crippen molar-refractivity contribution in [3.05, 3.63) is 53.3 Å². The summed E-state index contributed by atoms with van der Waals surface area (Å²) < 4.78 is 65.9. The summed E-state index contributed by atoms with van der Waals surface area (Å²) in [5.41, 5.74) is -0.943. The van der Waals surface area contributed by atoms with Crippen LogP contribution < -0.4 is 10.1 Å². The predicted molar refractivity (Wildman–Crippen MR) is 75.0 cm³/mol. The second-order valence-corrected chi connectivity index (χ2v) is 4.68. The molecule has 128 valence electrons. The van der Waals surface area contributed by atoms with Crippen LogP contribution in [0.5, 0.6) is 5.75 Å². The molecule has 0 unspecified atom stereocenters. The predicted octanol–water partition coefficient (Wildman–Crippen LogP) is 4.26. The summed E-state index contributed by atoms with van der Waals surface area (Å²) >= 11 is 0. The molecular formula is C15H11F5N2O2. The van der Waals surface area contributed by atoms with Crippen LogP contribution in [0.3, 0.4) is 0 Å². The highest BCUT2D eigenvalue weighted by Gasteiger charge is 2.33. The van der Waals surface area contributed by atoms with Crippen LogP contribution in [-0.2, 0) is 6.18 Å². The Hall–Kier alpha value is -2.71. The smallest absolute Gasteiger partial charge is 0.433 e. The minimum Gasteiger partial charge on any atom is -0.435 e. The molecule has 0 radical (unpaired) electrons. The number of aryl methyl sites for hydroxylation is 1. The van der Waals surface area contributed by atoms with Crippen LogP contribution in [0, 0.1) is 6.92 Å². The average Bonchev–Trinajstić information content (AvgIpc) is 2.47. The zero-order valence-corrected chi connectivity index (χ0v) is 12.2. The fourth-order valence-electron chi connectivity index (χ4n) is 1.88. The lowest BCUT2D eigenvalue weighted by Gasteiger charge is -2.11. The van der Waals surface area contributed by atoms with E-state index in [1.807, 2.05) is 0 Å². The van der Waals surface area contributed by atoms with E-state index < -0.39 is 24.4 Å². The molecule has 0 saturated heterocycles. The maximum atomic E-state index is 12.5. The number of carbonyl (C=O) groups excluding carboxylic acids is 1. The summed E-state index contributed by atoms with van der Waals surface area (Å²) in [4.78, 5) is 15.4. The van der Waals surface area contributed by atoms with E-state index in [2.05, 4.69) is 15.0 Å². The van der Waals surface area contributed by atoms with Gasteiger partial charge < -0.3 is 10.1 Å². The molecule has 1 N–H and O–H groups in total. The fraction of sp³-hybridized carbons (Fsp3) is 0.200. The van der Waals surface area contributed by atoms with Gasteiger partial charge in [-0.15, -0.1) is 0 Å². The molecule has 1 aromatic heterocycles. The van der Waals surface area contributed by atoms with Crippen molar-refractivity contribution in [1.82, 2.24) is 4.98 Å². The Morgan fingerprint density at radius 3 is 2.25 bits per heavy atom. The number of ether oxygens (including phenoxy) is 1. The zero-order valence-electron chi connectivity index (χ0n) is 12.2. The van der Waals surface area contributed by atoms with Gasteiger partial charge in [-0.05, 0) is 43.3 Å². The SMILES string of the molecule is Cc1nc(C(F)(F)F)ccc1C(=O)Nc1ccc(OC(F)F)cc1. The van der Waals surface area contributed by atoms with Crippen LogP contribution in [0.4, 0.5) is 27.6 Å². The number of carbonyl (C=O) groups is 1. The third-order valence-corrected chi connectivity index (χ3v) is 2.96. The van der Waals surface area contributed by atoms with Gasteiger partial charge in [-0.2, -0.15) is 22.0 Å². The van der Waals surface area contributed by atoms with Crippen molar-refractivity contribution in [1.29, 1.82) is 0 Å². The normalized spacial score (nSPS) is 11.5. The van der Waals surface area contributed by atoms with Gasteiger partial charge in [0.25, 0.3) is 5.91 Å². The molecule has 0 bridgehead atoms. The Labute approximate surface area is 133 Å². The largest absolute Gasteiger partial charge is 0.435 e. The van der Waals surface area contributed by atoms with Crippen molar-refractivity contribution in [3.8, 4) is 5.75 Å². The first-order valence-corrected chi connectivity index (χ1v) is 6.58. The van der Waals surface area contributed by atoms with Gasteiger partial charge in [-0.1, -0.05) is 0 Å².